The molecule has 1 aliphatic heterocycles. The zero-order chi connectivity index (χ0) is 21.3. The van der Waals surface area contributed by atoms with Crippen LogP contribution in [0.3, 0.4) is 0 Å². The highest BCUT2D eigenvalue weighted by molar-refractivity contribution is 7.80. The van der Waals surface area contributed by atoms with E-state index in [1.54, 1.807) is 31.1 Å². The second kappa shape index (κ2) is 10.9. The number of rotatable bonds is 7. The number of ether oxygens (including phenoxy) is 2. The fourth-order valence-corrected chi connectivity index (χ4v) is 3.80. The molecule has 0 spiro atoms. The van der Waals surface area contributed by atoms with Crippen molar-refractivity contribution in [3.05, 3.63) is 59.7 Å². The standard InChI is InChI=1S/C23H29N3O3S/c1-3-29-22(27)19-6-8-20(9-7-19)24-23(30)26-16-14-25(15-17-26)13-12-18-4-10-21(28-2)11-5-18/h4-11H,3,12-17H2,1-2H3,(H,24,30)/p+1. The molecule has 0 bridgehead atoms. The number of piperazine rings is 1. The highest BCUT2D eigenvalue weighted by Crippen LogP contribution is 2.12. The summed E-state index contributed by atoms with van der Waals surface area (Å²) in [6.45, 7) is 7.30. The van der Waals surface area contributed by atoms with Crippen LogP contribution in [0.2, 0.25) is 0 Å². The van der Waals surface area contributed by atoms with Gasteiger partial charge in [0.2, 0.25) is 0 Å². The summed E-state index contributed by atoms with van der Waals surface area (Å²) in [4.78, 5) is 15.6. The van der Waals surface area contributed by atoms with Crippen molar-refractivity contribution in [3.8, 4) is 5.75 Å². The molecule has 6 nitrogen and oxygen atoms in total. The van der Waals surface area contributed by atoms with E-state index in [0.717, 1.165) is 55.7 Å². The van der Waals surface area contributed by atoms with Gasteiger partial charge >= 0.3 is 5.97 Å². The lowest BCUT2D eigenvalue weighted by Gasteiger charge is -2.34. The van der Waals surface area contributed by atoms with Crippen LogP contribution in [0.15, 0.2) is 48.5 Å². The molecule has 0 amide bonds. The first-order chi connectivity index (χ1) is 14.6. The summed E-state index contributed by atoms with van der Waals surface area (Å²) in [6.07, 6.45) is 1.06. The van der Waals surface area contributed by atoms with E-state index < -0.39 is 0 Å². The van der Waals surface area contributed by atoms with Crippen molar-refractivity contribution >= 4 is 29.0 Å². The van der Waals surface area contributed by atoms with Crippen molar-refractivity contribution in [2.24, 2.45) is 0 Å². The Morgan fingerprint density at radius 2 is 1.77 bits per heavy atom. The van der Waals surface area contributed by atoms with E-state index in [0.29, 0.717) is 12.2 Å². The minimum absolute atomic E-state index is 0.305. The van der Waals surface area contributed by atoms with Gasteiger partial charge in [-0.2, -0.15) is 0 Å². The molecular formula is C23H30N3O3S+. The molecule has 0 aromatic heterocycles. The number of carbonyl (C=O) groups is 1. The third-order valence-corrected chi connectivity index (χ3v) is 5.69. The van der Waals surface area contributed by atoms with Gasteiger partial charge in [-0.25, -0.2) is 4.79 Å². The van der Waals surface area contributed by atoms with Crippen molar-refractivity contribution < 1.29 is 19.2 Å². The molecule has 160 valence electrons. The molecule has 0 atom stereocenters. The quantitative estimate of drug-likeness (QED) is 0.520. The number of hydrogen-bond donors (Lipinski definition) is 2. The molecule has 1 saturated heterocycles. The summed E-state index contributed by atoms with van der Waals surface area (Å²) in [5.41, 5.74) is 2.76. The van der Waals surface area contributed by atoms with Crippen molar-refractivity contribution in [1.29, 1.82) is 0 Å². The van der Waals surface area contributed by atoms with E-state index in [1.807, 2.05) is 24.3 Å². The van der Waals surface area contributed by atoms with Gasteiger partial charge in [-0.15, -0.1) is 0 Å². The van der Waals surface area contributed by atoms with Crippen LogP contribution >= 0.6 is 12.2 Å². The first-order valence-electron chi connectivity index (χ1n) is 10.4. The zero-order valence-corrected chi connectivity index (χ0v) is 18.5. The van der Waals surface area contributed by atoms with E-state index in [-0.39, 0.29) is 5.97 Å². The maximum absolute atomic E-state index is 11.7. The molecule has 0 radical (unpaired) electrons. The number of methoxy groups -OCH3 is 1. The SMILES string of the molecule is CCOC(=O)c1ccc(NC(=S)N2CC[NH+](CCc3ccc(OC)cc3)CC2)cc1. The summed E-state index contributed by atoms with van der Waals surface area (Å²) < 4.78 is 10.2. The average Bonchev–Trinajstić information content (AvgIpc) is 2.79. The minimum Gasteiger partial charge on any atom is -0.497 e. The molecule has 2 aromatic rings. The maximum atomic E-state index is 11.7. The highest BCUT2D eigenvalue weighted by Gasteiger charge is 2.21. The van der Waals surface area contributed by atoms with Gasteiger partial charge in [0.1, 0.15) is 5.75 Å². The number of benzene rings is 2. The van der Waals surface area contributed by atoms with E-state index in [4.69, 9.17) is 21.7 Å². The molecule has 3 rings (SSSR count). The monoisotopic (exact) mass is 428 g/mol. The van der Waals surface area contributed by atoms with Gasteiger partial charge in [-0.1, -0.05) is 12.1 Å². The van der Waals surface area contributed by atoms with Crippen LogP contribution in [0, 0.1) is 0 Å². The van der Waals surface area contributed by atoms with Gasteiger partial charge in [0.25, 0.3) is 0 Å². The van der Waals surface area contributed by atoms with Crippen LogP contribution in [0.5, 0.6) is 5.75 Å². The first-order valence-corrected chi connectivity index (χ1v) is 10.8. The first kappa shape index (κ1) is 22.1. The second-order valence-electron chi connectivity index (χ2n) is 7.31. The van der Waals surface area contributed by atoms with Crippen molar-refractivity contribution in [2.45, 2.75) is 13.3 Å². The number of carbonyl (C=O) groups excluding carboxylic acids is 1. The van der Waals surface area contributed by atoms with Gasteiger partial charge in [0, 0.05) is 12.1 Å². The third kappa shape index (κ3) is 6.18. The van der Waals surface area contributed by atoms with E-state index >= 15 is 0 Å². The molecule has 7 heteroatoms. The molecule has 2 N–H and O–H groups in total. The van der Waals surface area contributed by atoms with Crippen LogP contribution in [-0.2, 0) is 11.2 Å². The summed E-state index contributed by atoms with van der Waals surface area (Å²) in [5, 5.41) is 4.01. The number of esters is 1. The fraction of sp³-hybridized carbons (Fsp3) is 0.391. The highest BCUT2D eigenvalue weighted by atomic mass is 32.1. The Kier molecular flexibility index (Phi) is 8.04. The maximum Gasteiger partial charge on any atom is 0.338 e. The molecule has 2 aromatic carbocycles. The Bertz CT molecular complexity index is 832. The van der Waals surface area contributed by atoms with Gasteiger partial charge in [-0.3, -0.25) is 0 Å². The van der Waals surface area contributed by atoms with Crippen LogP contribution in [0.1, 0.15) is 22.8 Å². The molecule has 1 fully saturated rings. The Balaban J connectivity index is 1.41. The number of quaternary nitrogens is 1. The molecule has 1 heterocycles. The van der Waals surface area contributed by atoms with Crippen LogP contribution in [0.25, 0.3) is 0 Å². The lowest BCUT2D eigenvalue weighted by Crippen LogP contribution is -3.15. The Labute approximate surface area is 183 Å². The van der Waals surface area contributed by atoms with Crippen molar-refractivity contribution in [3.63, 3.8) is 0 Å². The van der Waals surface area contributed by atoms with Crippen LogP contribution in [0.4, 0.5) is 5.69 Å². The normalized spacial score (nSPS) is 14.3. The second-order valence-corrected chi connectivity index (χ2v) is 7.70. The predicted molar refractivity (Wildman–Crippen MR) is 122 cm³/mol. The topological polar surface area (TPSA) is 55.2 Å². The van der Waals surface area contributed by atoms with E-state index in [2.05, 4.69) is 22.3 Å². The Hall–Kier alpha value is -2.64. The summed E-state index contributed by atoms with van der Waals surface area (Å²) in [5.74, 6) is 0.594. The Morgan fingerprint density at radius 3 is 2.37 bits per heavy atom. The van der Waals surface area contributed by atoms with Crippen molar-refractivity contribution in [2.75, 3.05) is 51.8 Å². The summed E-state index contributed by atoms with van der Waals surface area (Å²) >= 11 is 5.59. The van der Waals surface area contributed by atoms with E-state index in [1.165, 1.54) is 5.56 Å². The number of thiocarbonyl (C=S) groups is 1. The number of hydrogen-bond acceptors (Lipinski definition) is 4. The summed E-state index contributed by atoms with van der Waals surface area (Å²) in [6, 6.07) is 15.5. The molecule has 0 saturated carbocycles. The van der Waals surface area contributed by atoms with Gasteiger partial charge < -0.3 is 24.6 Å². The molecular weight excluding hydrogens is 398 g/mol. The van der Waals surface area contributed by atoms with Gasteiger partial charge in [-0.05, 0) is 61.1 Å². The van der Waals surface area contributed by atoms with E-state index in [9.17, 15) is 4.79 Å². The number of anilines is 1. The largest absolute Gasteiger partial charge is 0.497 e. The van der Waals surface area contributed by atoms with Crippen molar-refractivity contribution in [1.82, 2.24) is 4.90 Å². The average molecular weight is 429 g/mol. The van der Waals surface area contributed by atoms with Crippen LogP contribution in [-0.4, -0.2) is 62.4 Å². The molecule has 1 aliphatic rings. The number of nitrogens with zero attached hydrogens (tertiary/aromatic N) is 1. The molecule has 30 heavy (non-hydrogen) atoms. The smallest absolute Gasteiger partial charge is 0.338 e. The zero-order valence-electron chi connectivity index (χ0n) is 17.6. The third-order valence-electron chi connectivity index (χ3n) is 5.33. The lowest BCUT2D eigenvalue weighted by atomic mass is 10.1. The molecule has 0 aliphatic carbocycles. The minimum atomic E-state index is -0.305. The predicted octanol–water partition coefficient (Wildman–Crippen LogP) is 2.01. The summed E-state index contributed by atoms with van der Waals surface area (Å²) in [7, 11) is 1.69. The van der Waals surface area contributed by atoms with Gasteiger partial charge in [0.05, 0.1) is 52.0 Å². The van der Waals surface area contributed by atoms with Crippen LogP contribution < -0.4 is 15.0 Å². The number of nitrogens with one attached hydrogen (secondary N) is 2. The molecule has 0 unspecified atom stereocenters. The fourth-order valence-electron chi connectivity index (χ4n) is 3.50. The van der Waals surface area contributed by atoms with Gasteiger partial charge in [0.15, 0.2) is 5.11 Å². The lowest BCUT2D eigenvalue weighted by molar-refractivity contribution is -0.903. The Morgan fingerprint density at radius 1 is 1.10 bits per heavy atom.